The van der Waals surface area contributed by atoms with E-state index in [2.05, 4.69) is 11.8 Å². The van der Waals surface area contributed by atoms with Crippen LogP contribution < -0.4 is 10.5 Å². The molecule has 7 heteroatoms. The summed E-state index contributed by atoms with van der Waals surface area (Å²) in [6, 6.07) is 17.0. The molecular weight excluding hydrogens is 422 g/mol. The molecule has 0 spiro atoms. The summed E-state index contributed by atoms with van der Waals surface area (Å²) in [4.78, 5) is 31.3. The summed E-state index contributed by atoms with van der Waals surface area (Å²) < 4.78 is 5.84. The fourth-order valence-electron chi connectivity index (χ4n) is 3.82. The van der Waals surface area contributed by atoms with Crippen molar-refractivity contribution in [2.24, 2.45) is 5.73 Å². The van der Waals surface area contributed by atoms with Crippen molar-refractivity contribution in [3.05, 3.63) is 64.5 Å². The fourth-order valence-corrected chi connectivity index (χ4v) is 4.82. The standard InChI is InChI=1S/C25H23N3O3S/c1-2-7-22(29)28-15-6-8-18(28)16-21-27-23(24(32-21)25(26)30)17-11-13-20(14-12-17)31-19-9-4-3-5-10-19/h3-5,9-14,18H,6,8,15-16H2,1H3,(H2,26,30). The molecule has 1 aliphatic heterocycles. The number of para-hydroxylation sites is 1. The number of hydrogen-bond donors (Lipinski definition) is 1. The van der Waals surface area contributed by atoms with E-state index in [4.69, 9.17) is 15.5 Å². The predicted octanol–water partition coefficient (Wildman–Crippen LogP) is 4.26. The van der Waals surface area contributed by atoms with Gasteiger partial charge < -0.3 is 15.4 Å². The highest BCUT2D eigenvalue weighted by molar-refractivity contribution is 7.14. The summed E-state index contributed by atoms with van der Waals surface area (Å²) in [6.07, 6.45) is 2.41. The van der Waals surface area contributed by atoms with Crippen LogP contribution in [0.2, 0.25) is 0 Å². The lowest BCUT2D eigenvalue weighted by molar-refractivity contribution is -0.125. The number of hydrogen-bond acceptors (Lipinski definition) is 5. The summed E-state index contributed by atoms with van der Waals surface area (Å²) in [6.45, 7) is 2.35. The maximum atomic E-state index is 12.3. The van der Waals surface area contributed by atoms with Crippen molar-refractivity contribution < 1.29 is 14.3 Å². The lowest BCUT2D eigenvalue weighted by Crippen LogP contribution is -2.35. The van der Waals surface area contributed by atoms with Gasteiger partial charge in [0.1, 0.15) is 16.4 Å². The monoisotopic (exact) mass is 445 g/mol. The number of nitrogens with two attached hydrogens (primary N) is 1. The van der Waals surface area contributed by atoms with Crippen LogP contribution in [0.4, 0.5) is 0 Å². The van der Waals surface area contributed by atoms with Crippen LogP contribution in [0, 0.1) is 11.8 Å². The Hall–Kier alpha value is -3.63. The van der Waals surface area contributed by atoms with Gasteiger partial charge >= 0.3 is 0 Å². The topological polar surface area (TPSA) is 85.5 Å². The van der Waals surface area contributed by atoms with Crippen LogP contribution in [-0.4, -0.2) is 34.3 Å². The Morgan fingerprint density at radius 2 is 1.88 bits per heavy atom. The second-order valence-electron chi connectivity index (χ2n) is 7.46. The Balaban J connectivity index is 1.55. The Kier molecular flexibility index (Phi) is 6.52. The molecule has 2 N–H and O–H groups in total. The molecule has 1 fully saturated rings. The van der Waals surface area contributed by atoms with Crippen LogP contribution >= 0.6 is 11.3 Å². The molecular formula is C25H23N3O3S. The molecule has 6 nitrogen and oxygen atoms in total. The maximum absolute atomic E-state index is 12.3. The Bertz CT molecular complexity index is 1180. The zero-order chi connectivity index (χ0) is 22.5. The number of carbonyl (C=O) groups is 2. The number of primary amides is 1. The van der Waals surface area contributed by atoms with Gasteiger partial charge in [0.15, 0.2) is 0 Å². The molecule has 3 aromatic rings. The molecule has 162 valence electrons. The summed E-state index contributed by atoms with van der Waals surface area (Å²) in [7, 11) is 0. The van der Waals surface area contributed by atoms with Gasteiger partial charge in [-0.05, 0) is 62.1 Å². The highest BCUT2D eigenvalue weighted by Crippen LogP contribution is 2.32. The molecule has 2 heterocycles. The number of nitrogens with zero attached hydrogens (tertiary/aromatic N) is 2. The van der Waals surface area contributed by atoms with E-state index in [1.807, 2.05) is 54.6 Å². The SMILES string of the molecule is CC#CC(=O)N1CCCC1Cc1nc(-c2ccc(Oc3ccccc3)cc2)c(C(N)=O)s1. The quantitative estimate of drug-likeness (QED) is 0.575. The van der Waals surface area contributed by atoms with E-state index >= 15 is 0 Å². The molecule has 2 aromatic carbocycles. The van der Waals surface area contributed by atoms with Gasteiger partial charge in [0.2, 0.25) is 0 Å². The second-order valence-corrected chi connectivity index (χ2v) is 8.55. The molecule has 0 saturated carbocycles. The van der Waals surface area contributed by atoms with Crippen LogP contribution in [0.15, 0.2) is 54.6 Å². The summed E-state index contributed by atoms with van der Waals surface area (Å²) in [5.41, 5.74) is 7.00. The smallest absolute Gasteiger partial charge is 0.298 e. The van der Waals surface area contributed by atoms with Crippen molar-refractivity contribution in [2.75, 3.05) is 6.54 Å². The van der Waals surface area contributed by atoms with E-state index in [1.165, 1.54) is 11.3 Å². The van der Waals surface area contributed by atoms with E-state index in [-0.39, 0.29) is 11.9 Å². The van der Waals surface area contributed by atoms with Gasteiger partial charge in [-0.15, -0.1) is 11.3 Å². The molecule has 1 aliphatic rings. The summed E-state index contributed by atoms with van der Waals surface area (Å²) >= 11 is 1.29. The molecule has 0 aliphatic carbocycles. The Labute approximate surface area is 191 Å². The fraction of sp³-hybridized carbons (Fsp3) is 0.240. The van der Waals surface area contributed by atoms with Gasteiger partial charge in [0.25, 0.3) is 11.8 Å². The molecule has 0 radical (unpaired) electrons. The van der Waals surface area contributed by atoms with Gasteiger partial charge in [-0.2, -0.15) is 0 Å². The third-order valence-corrected chi connectivity index (χ3v) is 6.37. The van der Waals surface area contributed by atoms with E-state index in [0.29, 0.717) is 29.3 Å². The minimum absolute atomic E-state index is 0.0322. The van der Waals surface area contributed by atoms with E-state index in [9.17, 15) is 9.59 Å². The van der Waals surface area contributed by atoms with Crippen LogP contribution in [0.1, 0.15) is 34.4 Å². The molecule has 1 atom stereocenters. The van der Waals surface area contributed by atoms with Gasteiger partial charge in [-0.1, -0.05) is 24.1 Å². The number of benzene rings is 2. The summed E-state index contributed by atoms with van der Waals surface area (Å²) in [5, 5.41) is 0.785. The highest BCUT2D eigenvalue weighted by Gasteiger charge is 2.29. The Morgan fingerprint density at radius 3 is 2.56 bits per heavy atom. The molecule has 1 saturated heterocycles. The number of ether oxygens (including phenoxy) is 1. The lowest BCUT2D eigenvalue weighted by Gasteiger charge is -2.21. The maximum Gasteiger partial charge on any atom is 0.298 e. The molecule has 0 bridgehead atoms. The van der Waals surface area contributed by atoms with Crippen molar-refractivity contribution in [1.82, 2.24) is 9.88 Å². The number of amides is 2. The molecule has 32 heavy (non-hydrogen) atoms. The van der Waals surface area contributed by atoms with Gasteiger partial charge in [0, 0.05) is 24.6 Å². The minimum Gasteiger partial charge on any atom is -0.457 e. The van der Waals surface area contributed by atoms with E-state index < -0.39 is 5.91 Å². The normalized spacial score (nSPS) is 15.2. The first-order valence-electron chi connectivity index (χ1n) is 10.4. The predicted molar refractivity (Wildman–Crippen MR) is 124 cm³/mol. The van der Waals surface area contributed by atoms with E-state index in [0.717, 1.165) is 29.2 Å². The van der Waals surface area contributed by atoms with Gasteiger partial charge in [-0.25, -0.2) is 4.98 Å². The largest absolute Gasteiger partial charge is 0.457 e. The van der Waals surface area contributed by atoms with Crippen LogP contribution in [0.25, 0.3) is 11.3 Å². The van der Waals surface area contributed by atoms with Gasteiger partial charge in [-0.3, -0.25) is 9.59 Å². The lowest BCUT2D eigenvalue weighted by atomic mass is 10.1. The first kappa shape index (κ1) is 21.6. The number of thiazole rings is 1. The average Bonchev–Trinajstić information content (AvgIpc) is 3.43. The van der Waals surface area contributed by atoms with Crippen LogP contribution in [-0.2, 0) is 11.2 Å². The Morgan fingerprint density at radius 1 is 1.16 bits per heavy atom. The molecule has 1 unspecified atom stereocenters. The minimum atomic E-state index is -0.510. The van der Waals surface area contributed by atoms with Crippen LogP contribution in [0.5, 0.6) is 11.5 Å². The first-order valence-corrected chi connectivity index (χ1v) is 11.2. The molecule has 4 rings (SSSR count). The number of likely N-dealkylation sites (tertiary alicyclic amines) is 1. The van der Waals surface area contributed by atoms with Crippen molar-refractivity contribution in [1.29, 1.82) is 0 Å². The van der Waals surface area contributed by atoms with Gasteiger partial charge in [0.05, 0.1) is 10.7 Å². The molecule has 1 aromatic heterocycles. The van der Waals surface area contributed by atoms with Crippen molar-refractivity contribution in [2.45, 2.75) is 32.2 Å². The van der Waals surface area contributed by atoms with Crippen molar-refractivity contribution in [3.63, 3.8) is 0 Å². The summed E-state index contributed by atoms with van der Waals surface area (Å²) in [5.74, 6) is 6.06. The average molecular weight is 446 g/mol. The van der Waals surface area contributed by atoms with E-state index in [1.54, 1.807) is 11.8 Å². The number of rotatable bonds is 6. The second kappa shape index (κ2) is 9.67. The van der Waals surface area contributed by atoms with Crippen LogP contribution in [0.3, 0.4) is 0 Å². The highest BCUT2D eigenvalue weighted by atomic mass is 32.1. The number of carbonyl (C=O) groups excluding carboxylic acids is 2. The van der Waals surface area contributed by atoms with Crippen molar-refractivity contribution >= 4 is 23.2 Å². The first-order chi connectivity index (χ1) is 15.5. The van der Waals surface area contributed by atoms with Crippen molar-refractivity contribution in [3.8, 4) is 34.6 Å². The number of aromatic nitrogens is 1. The zero-order valence-corrected chi connectivity index (χ0v) is 18.5. The zero-order valence-electron chi connectivity index (χ0n) is 17.7. The third-order valence-electron chi connectivity index (χ3n) is 5.28. The molecule has 2 amide bonds. The third kappa shape index (κ3) is 4.82.